The Labute approximate surface area is 240 Å². The summed E-state index contributed by atoms with van der Waals surface area (Å²) in [6, 6.07) is 0. The molecule has 0 aromatic rings. The molecule has 12 heteroatoms. The fourth-order valence-electron chi connectivity index (χ4n) is 14.6. The van der Waals surface area contributed by atoms with E-state index in [0.29, 0.717) is 0 Å². The summed E-state index contributed by atoms with van der Waals surface area (Å²) in [5, 5.41) is 0. The Hall–Kier alpha value is 2.60. The largest absolute Gasteiger partial charge is 0.0721 e. The van der Waals surface area contributed by atoms with Crippen molar-refractivity contribution in [3.05, 3.63) is 0 Å². The third-order valence-electron chi connectivity index (χ3n) is 11.2. The van der Waals surface area contributed by atoms with E-state index in [9.17, 15) is 0 Å². The first-order valence-corrected chi connectivity index (χ1v) is 63.0. The summed E-state index contributed by atoms with van der Waals surface area (Å²) >= 11 is 0. The summed E-state index contributed by atoms with van der Waals surface area (Å²) < 4.78 is 0. The van der Waals surface area contributed by atoms with Crippen molar-refractivity contribution in [2.24, 2.45) is 0 Å². The lowest BCUT2D eigenvalue weighted by Crippen LogP contribution is -3.33. The summed E-state index contributed by atoms with van der Waals surface area (Å²) in [7, 11) is -11.0. The zero-order chi connectivity index (χ0) is 30.0. The SMILES string of the molecule is C[Si](C)(C)[Si]1([Si](C)(C)C)[Si]([Si](C)(C)C)([Si](C)(C)C)[Si]([Si](C)(C)C)([Si](C)(C)C)[Si]1([Si](C)(C)C)[Si](C)(C)C. The predicted molar refractivity (Wildman–Crippen MR) is 210 cm³/mol. The smallest absolute Gasteiger partial charge is 0.0298 e. The Bertz CT molecular complexity index is 621. The monoisotopic (exact) mass is 696 g/mol. The van der Waals surface area contributed by atoms with Gasteiger partial charge in [-0.25, -0.2) is 0 Å². The van der Waals surface area contributed by atoms with Crippen molar-refractivity contribution in [3.8, 4) is 0 Å². The van der Waals surface area contributed by atoms with Crippen LogP contribution in [-0.4, -0.2) is 85.3 Å². The normalized spacial score (nSPS) is 23.3. The van der Waals surface area contributed by atoms with Crippen molar-refractivity contribution in [1.29, 1.82) is 0 Å². The second kappa shape index (κ2) is 9.05. The molecule has 1 saturated heterocycles. The van der Waals surface area contributed by atoms with E-state index in [2.05, 4.69) is 157 Å². The third-order valence-corrected chi connectivity index (χ3v) is 425. The topological polar surface area (TPSA) is 0 Å². The highest BCUT2D eigenvalue weighted by molar-refractivity contribution is 8.62. The Morgan fingerprint density at radius 1 is 0.167 bits per heavy atom. The standard InChI is InChI=1S/C24H72Si12/c1-25(2,3)33(26(4,5)6)34(27(7,8)9,28(10,11)12)36(31(19,20)21,32(22,23)24)35(33,29(13,14)15)30(16,17)18/h1-24H3. The van der Waals surface area contributed by atoms with Crippen LogP contribution in [0.3, 0.4) is 0 Å². The molecule has 0 aromatic carbocycles. The predicted octanol–water partition coefficient (Wildman–Crippen LogP) is 9.44. The average Bonchev–Trinajstić information content (AvgIpc) is 2.32. The molecule has 0 bridgehead atoms. The number of hydrogen-bond acceptors (Lipinski definition) is 0. The van der Waals surface area contributed by atoms with E-state index >= 15 is 0 Å². The van der Waals surface area contributed by atoms with Gasteiger partial charge in [-0.1, -0.05) is 157 Å². The third kappa shape index (κ3) is 3.79. The Kier molecular flexibility index (Phi) is 9.21. The fourth-order valence-corrected chi connectivity index (χ4v) is 1100. The van der Waals surface area contributed by atoms with Crippen LogP contribution < -0.4 is 0 Å². The van der Waals surface area contributed by atoms with Crippen LogP contribution in [0.2, 0.25) is 157 Å². The van der Waals surface area contributed by atoms with Crippen LogP contribution in [0.1, 0.15) is 0 Å². The zero-order valence-electron chi connectivity index (χ0n) is 30.0. The van der Waals surface area contributed by atoms with Crippen LogP contribution in [0.15, 0.2) is 0 Å². The van der Waals surface area contributed by atoms with Crippen LogP contribution in [0, 0.1) is 0 Å². The minimum Gasteiger partial charge on any atom is -0.0721 e. The van der Waals surface area contributed by atoms with E-state index in [1.54, 1.807) is 0 Å². The molecule has 36 heavy (non-hydrogen) atoms. The van der Waals surface area contributed by atoms with Crippen LogP contribution in [0.4, 0.5) is 0 Å². The lowest BCUT2D eigenvalue weighted by Gasteiger charge is -2.98. The van der Waals surface area contributed by atoms with E-state index < -0.39 is 85.3 Å². The van der Waals surface area contributed by atoms with E-state index in [4.69, 9.17) is 0 Å². The number of rotatable bonds is 8. The maximum Gasteiger partial charge on any atom is 0.0298 e. The van der Waals surface area contributed by atoms with Crippen molar-refractivity contribution in [2.75, 3.05) is 0 Å². The van der Waals surface area contributed by atoms with Gasteiger partial charge < -0.3 is 0 Å². The van der Waals surface area contributed by atoms with Gasteiger partial charge in [-0.2, -0.15) is 0 Å². The summed E-state index contributed by atoms with van der Waals surface area (Å²) in [4.78, 5) is 0. The van der Waals surface area contributed by atoms with Crippen molar-refractivity contribution in [1.82, 2.24) is 0 Å². The Morgan fingerprint density at radius 3 is 0.250 bits per heavy atom. The first kappa shape index (κ1) is 36.6. The zero-order valence-corrected chi connectivity index (χ0v) is 42.0. The molecule has 0 N–H and O–H groups in total. The molecule has 1 fully saturated rings. The van der Waals surface area contributed by atoms with Crippen molar-refractivity contribution in [3.63, 3.8) is 0 Å². The Balaban J connectivity index is 5.33. The van der Waals surface area contributed by atoms with Crippen molar-refractivity contribution in [2.45, 2.75) is 157 Å². The van der Waals surface area contributed by atoms with Crippen LogP contribution in [0.25, 0.3) is 0 Å². The van der Waals surface area contributed by atoms with Crippen LogP contribution >= 0.6 is 0 Å². The molecule has 0 radical (unpaired) electrons. The molecule has 1 rings (SSSR count). The lowest BCUT2D eigenvalue weighted by molar-refractivity contribution is 1.71. The van der Waals surface area contributed by atoms with Gasteiger partial charge in [-0.3, -0.25) is 0 Å². The second-order valence-corrected chi connectivity index (χ2v) is 171. The maximum atomic E-state index is 3.05. The highest BCUT2D eigenvalue weighted by atomic mass is 30.9. The maximum absolute atomic E-state index is 3.05. The second-order valence-electron chi connectivity index (χ2n) is 21.0. The molecule has 1 heterocycles. The van der Waals surface area contributed by atoms with Crippen LogP contribution in [0.5, 0.6) is 0 Å². The molecule has 1 aliphatic rings. The molecular weight excluding hydrogens is 625 g/mol. The molecular formula is C24H72Si12. The highest BCUT2D eigenvalue weighted by Crippen LogP contribution is 2.71. The van der Waals surface area contributed by atoms with Crippen LogP contribution in [-0.2, 0) is 0 Å². The summed E-state index contributed by atoms with van der Waals surface area (Å²) in [6.45, 7) is 73.2. The van der Waals surface area contributed by atoms with Gasteiger partial charge in [0.15, 0.2) is 0 Å². The van der Waals surface area contributed by atoms with E-state index in [1.165, 1.54) is 0 Å². The molecule has 0 nitrogen and oxygen atoms in total. The first-order valence-electron chi connectivity index (χ1n) is 15.0. The molecule has 216 valence electrons. The molecule has 0 aliphatic carbocycles. The van der Waals surface area contributed by atoms with Crippen molar-refractivity contribution < 1.29 is 0 Å². The molecule has 0 aromatic heterocycles. The molecule has 0 spiro atoms. The molecule has 0 saturated carbocycles. The van der Waals surface area contributed by atoms with Crippen molar-refractivity contribution >= 4 is 85.3 Å². The summed E-state index contributed by atoms with van der Waals surface area (Å²) in [6.07, 6.45) is -5.87. The van der Waals surface area contributed by atoms with Gasteiger partial charge in [-0.05, 0) is 0 Å². The molecule has 0 atom stereocenters. The highest BCUT2D eigenvalue weighted by Gasteiger charge is 3.03. The molecule has 1 aliphatic heterocycles. The Morgan fingerprint density at radius 2 is 0.222 bits per heavy atom. The van der Waals surface area contributed by atoms with Gasteiger partial charge >= 0.3 is 0 Å². The van der Waals surface area contributed by atoms with E-state index in [0.717, 1.165) is 0 Å². The van der Waals surface area contributed by atoms with E-state index in [-0.39, 0.29) is 0 Å². The van der Waals surface area contributed by atoms with Gasteiger partial charge in [0.05, 0.1) is 0 Å². The van der Waals surface area contributed by atoms with Gasteiger partial charge in [0, 0.05) is 85.3 Å². The number of hydrogen-bond donors (Lipinski definition) is 0. The quantitative estimate of drug-likeness (QED) is 0.222. The lowest BCUT2D eigenvalue weighted by atomic mass is 11.8. The molecule has 0 unspecified atom stereocenters. The summed E-state index contributed by atoms with van der Waals surface area (Å²) in [5.74, 6) is 0. The fraction of sp³-hybridized carbons (Fsp3) is 1.00. The average molecular weight is 698 g/mol. The van der Waals surface area contributed by atoms with E-state index in [1.807, 2.05) is 0 Å². The first-order chi connectivity index (χ1) is 15.0. The summed E-state index contributed by atoms with van der Waals surface area (Å²) in [5.41, 5.74) is 0. The molecule has 0 amide bonds. The van der Waals surface area contributed by atoms with Gasteiger partial charge in [0.2, 0.25) is 0 Å². The minimum atomic E-state index is -1.47. The minimum absolute atomic E-state index is 1.37. The van der Waals surface area contributed by atoms with Gasteiger partial charge in [-0.15, -0.1) is 0 Å². The van der Waals surface area contributed by atoms with Gasteiger partial charge in [0.1, 0.15) is 0 Å². The van der Waals surface area contributed by atoms with Gasteiger partial charge in [0.25, 0.3) is 0 Å².